The summed E-state index contributed by atoms with van der Waals surface area (Å²) in [5.74, 6) is -0.610. The maximum Gasteiger partial charge on any atom is 0.244 e. The first-order valence-electron chi connectivity index (χ1n) is 7.58. The molecular formula is C18H19Cl2N3O2. The summed E-state index contributed by atoms with van der Waals surface area (Å²) in [5, 5.41) is 3.55. The molecule has 2 aromatic rings. The lowest BCUT2D eigenvalue weighted by Gasteiger charge is -2.22. The molecule has 0 aliphatic rings. The first-order valence-corrected chi connectivity index (χ1v) is 8.34. The van der Waals surface area contributed by atoms with Gasteiger partial charge in [-0.1, -0.05) is 23.2 Å². The van der Waals surface area contributed by atoms with Gasteiger partial charge in [-0.05, 0) is 42.5 Å². The number of amides is 2. The van der Waals surface area contributed by atoms with Crippen LogP contribution < -0.4 is 15.1 Å². The predicted molar refractivity (Wildman–Crippen MR) is 104 cm³/mol. The highest BCUT2D eigenvalue weighted by Gasteiger charge is 2.18. The molecule has 2 rings (SSSR count). The SMILES string of the molecule is CC(=O)N(CC(=O)Nc1ccc(N(C)C)cc1)c1ccc(Cl)cc1Cl. The van der Waals surface area contributed by atoms with Crippen LogP contribution in [0.3, 0.4) is 0 Å². The molecule has 0 saturated heterocycles. The van der Waals surface area contributed by atoms with Crippen LogP contribution in [0.4, 0.5) is 17.1 Å². The molecule has 0 aliphatic carbocycles. The number of hydrogen-bond donors (Lipinski definition) is 1. The first-order chi connectivity index (χ1) is 11.8. The van der Waals surface area contributed by atoms with Crippen LogP contribution in [0.2, 0.25) is 10.0 Å². The number of carbonyl (C=O) groups excluding carboxylic acids is 2. The van der Waals surface area contributed by atoms with Gasteiger partial charge in [0.1, 0.15) is 6.54 Å². The van der Waals surface area contributed by atoms with Crippen LogP contribution in [0.5, 0.6) is 0 Å². The van der Waals surface area contributed by atoms with Crippen molar-refractivity contribution in [2.75, 3.05) is 35.8 Å². The molecule has 0 saturated carbocycles. The van der Waals surface area contributed by atoms with Crippen LogP contribution in [0, 0.1) is 0 Å². The standard InChI is InChI=1S/C18H19Cl2N3O2/c1-12(24)23(17-9-4-13(19)10-16(17)20)11-18(25)21-14-5-7-15(8-6-14)22(2)3/h4-10H,11H2,1-3H3,(H,21,25). The Hall–Kier alpha value is -2.24. The van der Waals surface area contributed by atoms with Gasteiger partial charge in [-0.2, -0.15) is 0 Å². The normalized spacial score (nSPS) is 10.3. The zero-order valence-corrected chi connectivity index (χ0v) is 15.7. The molecule has 7 heteroatoms. The van der Waals surface area contributed by atoms with Crippen molar-refractivity contribution in [3.8, 4) is 0 Å². The largest absolute Gasteiger partial charge is 0.378 e. The Bertz CT molecular complexity index is 776. The summed E-state index contributed by atoms with van der Waals surface area (Å²) >= 11 is 12.0. The van der Waals surface area contributed by atoms with E-state index in [1.807, 2.05) is 31.1 Å². The number of hydrogen-bond acceptors (Lipinski definition) is 3. The Labute approximate surface area is 157 Å². The fourth-order valence-electron chi connectivity index (χ4n) is 2.25. The molecule has 2 aromatic carbocycles. The third-order valence-electron chi connectivity index (χ3n) is 3.55. The van der Waals surface area contributed by atoms with Crippen molar-refractivity contribution >= 4 is 52.1 Å². The van der Waals surface area contributed by atoms with Gasteiger partial charge in [-0.25, -0.2) is 0 Å². The molecule has 132 valence electrons. The zero-order chi connectivity index (χ0) is 18.6. The third kappa shape index (κ3) is 5.11. The van der Waals surface area contributed by atoms with E-state index < -0.39 is 0 Å². The summed E-state index contributed by atoms with van der Waals surface area (Å²) in [6, 6.07) is 12.2. The van der Waals surface area contributed by atoms with E-state index in [-0.39, 0.29) is 18.4 Å². The molecule has 0 bridgehead atoms. The fraction of sp³-hybridized carbons (Fsp3) is 0.222. The summed E-state index contributed by atoms with van der Waals surface area (Å²) in [4.78, 5) is 27.5. The Balaban J connectivity index is 2.11. The minimum Gasteiger partial charge on any atom is -0.378 e. The van der Waals surface area contributed by atoms with Crippen molar-refractivity contribution in [2.45, 2.75) is 6.92 Å². The van der Waals surface area contributed by atoms with Crippen LogP contribution in [0.25, 0.3) is 0 Å². The number of halogens is 2. The highest BCUT2D eigenvalue weighted by atomic mass is 35.5. The predicted octanol–water partition coefficient (Wildman–Crippen LogP) is 4.05. The minimum atomic E-state index is -0.321. The van der Waals surface area contributed by atoms with Crippen LogP contribution in [-0.2, 0) is 9.59 Å². The lowest BCUT2D eigenvalue weighted by molar-refractivity contribution is -0.120. The molecule has 5 nitrogen and oxygen atoms in total. The number of nitrogens with zero attached hydrogens (tertiary/aromatic N) is 2. The van der Waals surface area contributed by atoms with Crippen molar-refractivity contribution in [1.29, 1.82) is 0 Å². The summed E-state index contributed by atoms with van der Waals surface area (Å²) in [7, 11) is 3.88. The smallest absolute Gasteiger partial charge is 0.244 e. The van der Waals surface area contributed by atoms with Gasteiger partial charge in [0.2, 0.25) is 11.8 Å². The van der Waals surface area contributed by atoms with Gasteiger partial charge in [0.05, 0.1) is 10.7 Å². The molecular weight excluding hydrogens is 361 g/mol. The number of carbonyl (C=O) groups is 2. The van der Waals surface area contributed by atoms with Gasteiger partial charge in [0.15, 0.2) is 0 Å². The maximum atomic E-state index is 12.3. The third-order valence-corrected chi connectivity index (χ3v) is 4.09. The number of rotatable bonds is 5. The number of benzene rings is 2. The van der Waals surface area contributed by atoms with Crippen LogP contribution in [0.1, 0.15) is 6.92 Å². The van der Waals surface area contributed by atoms with E-state index in [0.29, 0.717) is 21.4 Å². The minimum absolute atomic E-state index is 0.147. The molecule has 0 aliphatic heterocycles. The zero-order valence-electron chi connectivity index (χ0n) is 14.2. The Kier molecular flexibility index (Phi) is 6.28. The van der Waals surface area contributed by atoms with E-state index in [1.54, 1.807) is 24.3 Å². The summed E-state index contributed by atoms with van der Waals surface area (Å²) in [6.45, 7) is 1.23. The topological polar surface area (TPSA) is 52.7 Å². The Morgan fingerprint density at radius 3 is 2.20 bits per heavy atom. The fourth-order valence-corrected chi connectivity index (χ4v) is 2.76. The van der Waals surface area contributed by atoms with E-state index in [0.717, 1.165) is 5.69 Å². The number of nitrogens with one attached hydrogen (secondary N) is 1. The second-order valence-corrected chi connectivity index (χ2v) is 6.53. The van der Waals surface area contributed by atoms with Crippen molar-refractivity contribution in [1.82, 2.24) is 0 Å². The van der Waals surface area contributed by atoms with Crippen LogP contribution in [-0.4, -0.2) is 32.5 Å². The van der Waals surface area contributed by atoms with E-state index in [9.17, 15) is 9.59 Å². The molecule has 0 heterocycles. The molecule has 0 unspecified atom stereocenters. The molecule has 2 amide bonds. The molecule has 0 atom stereocenters. The highest BCUT2D eigenvalue weighted by molar-refractivity contribution is 6.36. The van der Waals surface area contributed by atoms with Gasteiger partial charge in [0, 0.05) is 37.4 Å². The second-order valence-electron chi connectivity index (χ2n) is 5.69. The average Bonchev–Trinajstić information content (AvgIpc) is 2.53. The van der Waals surface area contributed by atoms with Crippen LogP contribution >= 0.6 is 23.2 Å². The number of anilines is 3. The van der Waals surface area contributed by atoms with Crippen molar-refractivity contribution < 1.29 is 9.59 Å². The van der Waals surface area contributed by atoms with Crippen molar-refractivity contribution in [3.63, 3.8) is 0 Å². The van der Waals surface area contributed by atoms with Gasteiger partial charge < -0.3 is 15.1 Å². The van der Waals surface area contributed by atoms with Crippen molar-refractivity contribution in [3.05, 3.63) is 52.5 Å². The highest BCUT2D eigenvalue weighted by Crippen LogP contribution is 2.29. The van der Waals surface area contributed by atoms with Gasteiger partial charge >= 0.3 is 0 Å². The lowest BCUT2D eigenvalue weighted by Crippen LogP contribution is -2.36. The van der Waals surface area contributed by atoms with Crippen LogP contribution in [0.15, 0.2) is 42.5 Å². The first kappa shape index (κ1) is 19.1. The molecule has 0 aromatic heterocycles. The van der Waals surface area contributed by atoms with Gasteiger partial charge in [-0.3, -0.25) is 9.59 Å². The lowest BCUT2D eigenvalue weighted by atomic mass is 10.2. The summed E-state index contributed by atoms with van der Waals surface area (Å²) in [6.07, 6.45) is 0. The Morgan fingerprint density at radius 1 is 1.04 bits per heavy atom. The average molecular weight is 380 g/mol. The maximum absolute atomic E-state index is 12.3. The molecule has 0 fully saturated rings. The quantitative estimate of drug-likeness (QED) is 0.852. The van der Waals surface area contributed by atoms with E-state index in [4.69, 9.17) is 23.2 Å². The molecule has 0 radical (unpaired) electrons. The van der Waals surface area contributed by atoms with E-state index in [2.05, 4.69) is 5.32 Å². The molecule has 1 N–H and O–H groups in total. The summed E-state index contributed by atoms with van der Waals surface area (Å²) < 4.78 is 0. The van der Waals surface area contributed by atoms with E-state index in [1.165, 1.54) is 17.9 Å². The second kappa shape index (κ2) is 8.23. The molecule has 25 heavy (non-hydrogen) atoms. The Morgan fingerprint density at radius 2 is 1.68 bits per heavy atom. The molecule has 0 spiro atoms. The van der Waals surface area contributed by atoms with Gasteiger partial charge in [0.25, 0.3) is 0 Å². The van der Waals surface area contributed by atoms with Gasteiger partial charge in [-0.15, -0.1) is 0 Å². The summed E-state index contributed by atoms with van der Waals surface area (Å²) in [5.41, 5.74) is 2.12. The van der Waals surface area contributed by atoms with Crippen molar-refractivity contribution in [2.24, 2.45) is 0 Å². The van der Waals surface area contributed by atoms with E-state index >= 15 is 0 Å². The monoisotopic (exact) mass is 379 g/mol.